The van der Waals surface area contributed by atoms with Gasteiger partial charge in [-0.05, 0) is 32.4 Å². The number of nitrogens with zero attached hydrogens (tertiary/aromatic N) is 4. The lowest BCUT2D eigenvalue weighted by Crippen LogP contribution is -2.48. The van der Waals surface area contributed by atoms with E-state index in [1.807, 2.05) is 24.0 Å². The van der Waals surface area contributed by atoms with Crippen LogP contribution in [0.1, 0.15) is 42.1 Å². The largest absolute Gasteiger partial charge is 0.340 e. The third-order valence-corrected chi connectivity index (χ3v) is 7.07. The molecule has 31 heavy (non-hydrogen) atoms. The first-order chi connectivity index (χ1) is 14.9. The van der Waals surface area contributed by atoms with Gasteiger partial charge in [0.15, 0.2) is 5.16 Å². The van der Waals surface area contributed by atoms with E-state index in [4.69, 9.17) is 4.98 Å². The third-order valence-electron chi connectivity index (χ3n) is 5.95. The van der Waals surface area contributed by atoms with E-state index < -0.39 is 0 Å². The van der Waals surface area contributed by atoms with E-state index in [0.29, 0.717) is 12.8 Å². The Hall–Kier alpha value is -2.12. The molecule has 3 rings (SSSR count). The maximum absolute atomic E-state index is 12.9. The van der Waals surface area contributed by atoms with Gasteiger partial charge in [0.25, 0.3) is 5.56 Å². The van der Waals surface area contributed by atoms with Crippen molar-refractivity contribution in [2.75, 3.05) is 38.5 Å². The minimum absolute atomic E-state index is 0.0152. The number of carbonyl (C=O) groups is 1. The number of benzene rings is 1. The molecule has 7 heteroatoms. The molecular weight excluding hydrogens is 408 g/mol. The summed E-state index contributed by atoms with van der Waals surface area (Å²) in [7, 11) is 1.79. The number of piperazine rings is 1. The van der Waals surface area contributed by atoms with Crippen molar-refractivity contribution in [3.8, 4) is 0 Å². The van der Waals surface area contributed by atoms with Crippen molar-refractivity contribution in [3.63, 3.8) is 0 Å². The topological polar surface area (TPSA) is 58.4 Å². The predicted octanol–water partition coefficient (Wildman–Crippen LogP) is 3.02. The lowest BCUT2D eigenvalue weighted by Gasteiger charge is -2.34. The quantitative estimate of drug-likeness (QED) is 0.357. The average Bonchev–Trinajstić information content (AvgIpc) is 2.77. The van der Waals surface area contributed by atoms with Gasteiger partial charge in [0, 0.05) is 63.1 Å². The summed E-state index contributed by atoms with van der Waals surface area (Å²) in [5.41, 5.74) is 3.87. The van der Waals surface area contributed by atoms with Gasteiger partial charge in [-0.3, -0.25) is 14.2 Å². The average molecular weight is 443 g/mol. The fourth-order valence-electron chi connectivity index (χ4n) is 3.95. The standard InChI is InChI=1S/C24H34N4O2S/c1-5-27-11-13-28(14-12-27)22(29)10-7-15-31-24-25-19(3)21(23(30)26(24)4)17-20-9-6-8-18(2)16-20/h6,8-9,16H,5,7,10-15,17H2,1-4H3. The number of aryl methyl sites for hydroxylation is 2. The summed E-state index contributed by atoms with van der Waals surface area (Å²) in [4.78, 5) is 34.4. The Kier molecular flexibility index (Phi) is 8.32. The summed E-state index contributed by atoms with van der Waals surface area (Å²) in [5.74, 6) is 1.01. The van der Waals surface area contributed by atoms with Crippen molar-refractivity contribution in [1.29, 1.82) is 0 Å². The molecule has 1 amide bonds. The van der Waals surface area contributed by atoms with Crippen LogP contribution in [0.25, 0.3) is 0 Å². The fraction of sp³-hybridized carbons (Fsp3) is 0.542. The first-order valence-electron chi connectivity index (χ1n) is 11.1. The first kappa shape index (κ1) is 23.5. The van der Waals surface area contributed by atoms with Gasteiger partial charge >= 0.3 is 0 Å². The predicted molar refractivity (Wildman–Crippen MR) is 127 cm³/mol. The van der Waals surface area contributed by atoms with Gasteiger partial charge in [-0.25, -0.2) is 4.98 Å². The fourth-order valence-corrected chi connectivity index (χ4v) is 4.90. The smallest absolute Gasteiger partial charge is 0.257 e. The summed E-state index contributed by atoms with van der Waals surface area (Å²) in [5, 5.41) is 0.722. The molecule has 0 aliphatic carbocycles. The zero-order chi connectivity index (χ0) is 22.4. The lowest BCUT2D eigenvalue weighted by molar-refractivity contribution is -0.132. The molecule has 1 fully saturated rings. The Balaban J connectivity index is 1.54. The lowest BCUT2D eigenvalue weighted by atomic mass is 10.0. The molecule has 0 saturated carbocycles. The van der Waals surface area contributed by atoms with E-state index in [9.17, 15) is 9.59 Å². The number of carbonyl (C=O) groups excluding carboxylic acids is 1. The van der Waals surface area contributed by atoms with Crippen LogP contribution in [-0.2, 0) is 18.3 Å². The maximum Gasteiger partial charge on any atom is 0.257 e. The molecule has 0 radical (unpaired) electrons. The van der Waals surface area contributed by atoms with Crippen molar-refractivity contribution in [1.82, 2.24) is 19.4 Å². The molecule has 0 N–H and O–H groups in total. The minimum Gasteiger partial charge on any atom is -0.340 e. The van der Waals surface area contributed by atoms with E-state index in [1.54, 1.807) is 23.4 Å². The van der Waals surface area contributed by atoms with Crippen molar-refractivity contribution in [2.24, 2.45) is 7.05 Å². The Morgan fingerprint density at radius 1 is 1.16 bits per heavy atom. The Bertz CT molecular complexity index is 965. The van der Waals surface area contributed by atoms with Crippen LogP contribution >= 0.6 is 11.8 Å². The van der Waals surface area contributed by atoms with Gasteiger partial charge < -0.3 is 9.80 Å². The van der Waals surface area contributed by atoms with Crippen LogP contribution < -0.4 is 5.56 Å². The second-order valence-electron chi connectivity index (χ2n) is 8.26. The van der Waals surface area contributed by atoms with Crippen LogP contribution in [0.4, 0.5) is 0 Å². The first-order valence-corrected chi connectivity index (χ1v) is 12.1. The second-order valence-corrected chi connectivity index (χ2v) is 9.32. The van der Waals surface area contributed by atoms with Crippen molar-refractivity contribution < 1.29 is 4.79 Å². The number of rotatable bonds is 8. The molecule has 2 heterocycles. The summed E-state index contributed by atoms with van der Waals surface area (Å²) >= 11 is 1.56. The van der Waals surface area contributed by atoms with E-state index >= 15 is 0 Å². The van der Waals surface area contributed by atoms with Crippen molar-refractivity contribution >= 4 is 17.7 Å². The van der Waals surface area contributed by atoms with Gasteiger partial charge in [-0.1, -0.05) is 48.5 Å². The second kappa shape index (κ2) is 11.0. The van der Waals surface area contributed by atoms with E-state index in [0.717, 1.165) is 66.9 Å². The van der Waals surface area contributed by atoms with Gasteiger partial charge in [-0.2, -0.15) is 0 Å². The minimum atomic E-state index is 0.0152. The molecular formula is C24H34N4O2S. The Morgan fingerprint density at radius 2 is 1.90 bits per heavy atom. The molecule has 0 bridgehead atoms. The molecule has 1 aromatic heterocycles. The summed E-state index contributed by atoms with van der Waals surface area (Å²) in [6.07, 6.45) is 1.94. The van der Waals surface area contributed by atoms with E-state index in [1.165, 1.54) is 5.56 Å². The number of thioether (sulfide) groups is 1. The highest BCUT2D eigenvalue weighted by molar-refractivity contribution is 7.99. The summed E-state index contributed by atoms with van der Waals surface area (Å²) < 4.78 is 1.65. The van der Waals surface area contributed by atoms with Crippen LogP contribution in [0.3, 0.4) is 0 Å². The maximum atomic E-state index is 12.9. The SMILES string of the molecule is CCN1CCN(C(=O)CCCSc2nc(C)c(Cc3cccc(C)c3)c(=O)n2C)CC1. The molecule has 2 aromatic rings. The van der Waals surface area contributed by atoms with E-state index in [2.05, 4.69) is 30.9 Å². The van der Waals surface area contributed by atoms with Crippen LogP contribution in [0.5, 0.6) is 0 Å². The molecule has 1 aliphatic heterocycles. The highest BCUT2D eigenvalue weighted by Gasteiger charge is 2.20. The van der Waals surface area contributed by atoms with Crippen LogP contribution in [0.2, 0.25) is 0 Å². The van der Waals surface area contributed by atoms with Gasteiger partial charge in [0.2, 0.25) is 5.91 Å². The highest BCUT2D eigenvalue weighted by Crippen LogP contribution is 2.19. The number of likely N-dealkylation sites (N-methyl/N-ethyl adjacent to an activating group) is 1. The van der Waals surface area contributed by atoms with Crippen molar-refractivity contribution in [2.45, 2.75) is 45.2 Å². The van der Waals surface area contributed by atoms with E-state index in [-0.39, 0.29) is 11.5 Å². The molecule has 168 valence electrons. The number of amides is 1. The zero-order valence-corrected chi connectivity index (χ0v) is 20.0. The third kappa shape index (κ3) is 6.20. The highest BCUT2D eigenvalue weighted by atomic mass is 32.2. The summed E-state index contributed by atoms with van der Waals surface area (Å²) in [6, 6.07) is 8.24. The molecule has 0 atom stereocenters. The molecule has 0 spiro atoms. The Morgan fingerprint density at radius 3 is 2.58 bits per heavy atom. The van der Waals surface area contributed by atoms with Gasteiger partial charge in [0.05, 0.1) is 0 Å². The molecule has 1 saturated heterocycles. The normalized spacial score (nSPS) is 14.8. The number of aromatic nitrogens is 2. The van der Waals surface area contributed by atoms with Crippen LogP contribution in [-0.4, -0.2) is 63.7 Å². The molecule has 0 unspecified atom stereocenters. The number of hydrogen-bond acceptors (Lipinski definition) is 5. The van der Waals surface area contributed by atoms with Gasteiger partial charge in [-0.15, -0.1) is 0 Å². The molecule has 1 aromatic carbocycles. The molecule has 1 aliphatic rings. The monoisotopic (exact) mass is 442 g/mol. The number of hydrogen-bond donors (Lipinski definition) is 0. The Labute approximate surface area is 189 Å². The summed E-state index contributed by atoms with van der Waals surface area (Å²) in [6.45, 7) is 10.8. The van der Waals surface area contributed by atoms with Gasteiger partial charge in [0.1, 0.15) is 0 Å². The van der Waals surface area contributed by atoms with Crippen LogP contribution in [0, 0.1) is 13.8 Å². The van der Waals surface area contributed by atoms with Crippen molar-refractivity contribution in [3.05, 3.63) is 57.0 Å². The molecule has 6 nitrogen and oxygen atoms in total. The zero-order valence-electron chi connectivity index (χ0n) is 19.2. The van der Waals surface area contributed by atoms with Crippen LogP contribution in [0.15, 0.2) is 34.2 Å².